The average molecular weight is 452 g/mol. The third-order valence-corrected chi connectivity index (χ3v) is 6.66. The van der Waals surface area contributed by atoms with Crippen molar-refractivity contribution >= 4 is 28.6 Å². The summed E-state index contributed by atoms with van der Waals surface area (Å²) in [6.45, 7) is 3.30. The number of carbonyl (C=O) groups is 1. The lowest BCUT2D eigenvalue weighted by Gasteiger charge is -2.19. The van der Waals surface area contributed by atoms with E-state index in [4.69, 9.17) is 9.72 Å². The van der Waals surface area contributed by atoms with Crippen LogP contribution in [0.15, 0.2) is 64.5 Å². The number of carbonyl (C=O) groups excluding carboxylic acids is 1. The third kappa shape index (κ3) is 5.40. The molecule has 1 amide bonds. The van der Waals surface area contributed by atoms with Gasteiger partial charge >= 0.3 is 0 Å². The van der Waals surface area contributed by atoms with Crippen LogP contribution >= 0.6 is 11.8 Å². The Morgan fingerprint density at radius 2 is 2.00 bits per heavy atom. The van der Waals surface area contributed by atoms with Crippen LogP contribution in [0.4, 0.5) is 0 Å². The molecule has 2 heterocycles. The molecular formula is C25H29N3O3S. The summed E-state index contributed by atoms with van der Waals surface area (Å²) in [5.41, 5.74) is 1.67. The maximum atomic E-state index is 13.2. The summed E-state index contributed by atoms with van der Waals surface area (Å²) < 4.78 is 7.43. The topological polar surface area (TPSA) is 73.2 Å². The Kier molecular flexibility index (Phi) is 7.60. The molecule has 0 aliphatic carbocycles. The van der Waals surface area contributed by atoms with Gasteiger partial charge in [-0.2, -0.15) is 0 Å². The van der Waals surface area contributed by atoms with E-state index < -0.39 is 0 Å². The van der Waals surface area contributed by atoms with Gasteiger partial charge < -0.3 is 10.1 Å². The number of nitrogens with one attached hydrogen (secondary N) is 1. The first-order valence-corrected chi connectivity index (χ1v) is 12.2. The fourth-order valence-electron chi connectivity index (χ4n) is 4.07. The number of hydrogen-bond acceptors (Lipinski definition) is 5. The Bertz CT molecular complexity index is 1110. The molecule has 0 spiro atoms. The van der Waals surface area contributed by atoms with Crippen LogP contribution in [0.3, 0.4) is 0 Å². The number of nitrogens with zero attached hydrogens (tertiary/aromatic N) is 2. The third-order valence-electron chi connectivity index (χ3n) is 5.68. The summed E-state index contributed by atoms with van der Waals surface area (Å²) in [5.74, 6) is 0.131. The van der Waals surface area contributed by atoms with E-state index in [1.54, 1.807) is 10.6 Å². The van der Waals surface area contributed by atoms with Crippen molar-refractivity contribution in [2.45, 2.75) is 56.5 Å². The summed E-state index contributed by atoms with van der Waals surface area (Å²) in [7, 11) is 0. The smallest absolute Gasteiger partial charge is 0.262 e. The number of ether oxygens (including phenoxy) is 1. The van der Waals surface area contributed by atoms with Crippen LogP contribution in [-0.2, 0) is 16.1 Å². The van der Waals surface area contributed by atoms with Crippen molar-refractivity contribution in [3.05, 3.63) is 70.5 Å². The Morgan fingerprint density at radius 1 is 1.22 bits per heavy atom. The molecule has 0 bridgehead atoms. The Balaban J connectivity index is 1.52. The fourth-order valence-corrected chi connectivity index (χ4v) is 4.89. The predicted molar refractivity (Wildman–Crippen MR) is 128 cm³/mol. The van der Waals surface area contributed by atoms with Crippen molar-refractivity contribution in [2.75, 3.05) is 12.4 Å². The Labute approximate surface area is 192 Å². The predicted octanol–water partition coefficient (Wildman–Crippen LogP) is 4.33. The number of thioether (sulfide) groups is 1. The minimum Gasteiger partial charge on any atom is -0.376 e. The SMILES string of the molecule is CCCC(NC(=O)CSc1nc2ccccc2c(=O)n1CC1CCCO1)c1ccccc1. The van der Waals surface area contributed by atoms with Gasteiger partial charge in [-0.3, -0.25) is 14.2 Å². The maximum Gasteiger partial charge on any atom is 0.262 e. The van der Waals surface area contributed by atoms with Crippen molar-refractivity contribution < 1.29 is 9.53 Å². The molecule has 1 aliphatic heterocycles. The first-order chi connectivity index (χ1) is 15.7. The number of rotatable bonds is 9. The van der Waals surface area contributed by atoms with Crippen LogP contribution < -0.4 is 10.9 Å². The molecule has 1 N–H and O–H groups in total. The van der Waals surface area contributed by atoms with Crippen LogP contribution in [0.25, 0.3) is 10.9 Å². The highest BCUT2D eigenvalue weighted by Crippen LogP contribution is 2.22. The lowest BCUT2D eigenvalue weighted by molar-refractivity contribution is -0.119. The number of hydrogen-bond donors (Lipinski definition) is 1. The molecule has 6 nitrogen and oxygen atoms in total. The normalized spacial score (nSPS) is 16.8. The molecule has 1 saturated heterocycles. The van der Waals surface area contributed by atoms with Gasteiger partial charge in [-0.05, 0) is 37.0 Å². The molecule has 0 radical (unpaired) electrons. The molecule has 1 aliphatic rings. The monoisotopic (exact) mass is 451 g/mol. The van der Waals surface area contributed by atoms with Crippen molar-refractivity contribution in [3.8, 4) is 0 Å². The van der Waals surface area contributed by atoms with Crippen molar-refractivity contribution in [3.63, 3.8) is 0 Å². The molecular weight excluding hydrogens is 422 g/mol. The number of benzene rings is 2. The summed E-state index contributed by atoms with van der Waals surface area (Å²) in [6, 6.07) is 17.4. The first-order valence-electron chi connectivity index (χ1n) is 11.2. The van der Waals surface area contributed by atoms with Crippen LogP contribution in [-0.4, -0.2) is 33.9 Å². The largest absolute Gasteiger partial charge is 0.376 e. The number of amides is 1. The van der Waals surface area contributed by atoms with Crippen molar-refractivity contribution in [1.29, 1.82) is 0 Å². The van der Waals surface area contributed by atoms with Gasteiger partial charge in [0.25, 0.3) is 5.56 Å². The van der Waals surface area contributed by atoms with Crippen molar-refractivity contribution in [2.24, 2.45) is 0 Å². The van der Waals surface area contributed by atoms with Crippen molar-refractivity contribution in [1.82, 2.24) is 14.9 Å². The van der Waals surface area contributed by atoms with Gasteiger partial charge in [0.15, 0.2) is 5.16 Å². The average Bonchev–Trinajstić information content (AvgIpc) is 3.33. The highest BCUT2D eigenvalue weighted by Gasteiger charge is 2.21. The molecule has 0 saturated carbocycles. The molecule has 2 atom stereocenters. The Hall–Kier alpha value is -2.64. The maximum absolute atomic E-state index is 13.2. The van der Waals surface area contributed by atoms with Gasteiger partial charge in [0.05, 0.1) is 35.3 Å². The molecule has 1 fully saturated rings. The van der Waals surface area contributed by atoms with Gasteiger partial charge in [0.1, 0.15) is 0 Å². The molecule has 168 valence electrons. The lowest BCUT2D eigenvalue weighted by atomic mass is 10.0. The van der Waals surface area contributed by atoms with E-state index in [1.807, 2.05) is 48.5 Å². The minimum absolute atomic E-state index is 0.0101. The van der Waals surface area contributed by atoms with E-state index in [-0.39, 0.29) is 29.4 Å². The molecule has 32 heavy (non-hydrogen) atoms. The summed E-state index contributed by atoms with van der Waals surface area (Å²) in [5, 5.41) is 4.30. The minimum atomic E-state index is -0.0813. The molecule has 1 aromatic heterocycles. The molecule has 2 unspecified atom stereocenters. The van der Waals surface area contributed by atoms with Crippen LogP contribution in [0, 0.1) is 0 Å². The second-order valence-corrected chi connectivity index (χ2v) is 9.01. The second kappa shape index (κ2) is 10.8. The highest BCUT2D eigenvalue weighted by atomic mass is 32.2. The van der Waals surface area contributed by atoms with Gasteiger partial charge in [-0.25, -0.2) is 4.98 Å². The zero-order valence-electron chi connectivity index (χ0n) is 18.3. The Morgan fingerprint density at radius 3 is 2.75 bits per heavy atom. The van der Waals surface area contributed by atoms with Gasteiger partial charge in [0.2, 0.25) is 5.91 Å². The van der Waals surface area contributed by atoms with Crippen LogP contribution in [0.5, 0.6) is 0 Å². The van der Waals surface area contributed by atoms with E-state index in [0.717, 1.165) is 37.9 Å². The highest BCUT2D eigenvalue weighted by molar-refractivity contribution is 7.99. The molecule has 7 heteroatoms. The summed E-state index contributed by atoms with van der Waals surface area (Å²) >= 11 is 1.31. The van der Waals surface area contributed by atoms with E-state index >= 15 is 0 Å². The summed E-state index contributed by atoms with van der Waals surface area (Å²) in [6.07, 6.45) is 3.79. The summed E-state index contributed by atoms with van der Waals surface area (Å²) in [4.78, 5) is 30.7. The quantitative estimate of drug-likeness (QED) is 0.387. The second-order valence-electron chi connectivity index (χ2n) is 8.07. The van der Waals surface area contributed by atoms with Crippen LogP contribution in [0.2, 0.25) is 0 Å². The molecule has 4 rings (SSSR count). The standard InChI is InChI=1S/C25H29N3O3S/c1-2-9-21(18-10-4-3-5-11-18)26-23(29)17-32-25-27-22-14-7-6-13-20(22)24(30)28(25)16-19-12-8-15-31-19/h3-7,10-11,13-14,19,21H,2,8-9,12,15-17H2,1H3,(H,26,29). The first kappa shape index (κ1) is 22.6. The van der Waals surface area contributed by atoms with E-state index in [9.17, 15) is 9.59 Å². The zero-order valence-corrected chi connectivity index (χ0v) is 19.1. The lowest BCUT2D eigenvalue weighted by Crippen LogP contribution is -2.31. The van der Waals surface area contributed by atoms with E-state index in [2.05, 4.69) is 12.2 Å². The van der Waals surface area contributed by atoms with E-state index in [0.29, 0.717) is 22.6 Å². The number of para-hydroxylation sites is 1. The number of aromatic nitrogens is 2. The number of fused-ring (bicyclic) bond motifs is 1. The fraction of sp³-hybridized carbons (Fsp3) is 0.400. The molecule has 2 aromatic carbocycles. The van der Waals surface area contributed by atoms with Gasteiger partial charge in [-0.1, -0.05) is 67.6 Å². The van der Waals surface area contributed by atoms with E-state index in [1.165, 1.54) is 11.8 Å². The zero-order chi connectivity index (χ0) is 22.3. The molecule has 3 aromatic rings. The van der Waals surface area contributed by atoms with Gasteiger partial charge in [-0.15, -0.1) is 0 Å². The van der Waals surface area contributed by atoms with Crippen LogP contribution in [0.1, 0.15) is 44.2 Å². The van der Waals surface area contributed by atoms with Gasteiger partial charge in [0, 0.05) is 6.61 Å².